The molecule has 1 rings (SSSR count). The van der Waals surface area contributed by atoms with Crippen LogP contribution in [0.15, 0.2) is 0 Å². The van der Waals surface area contributed by atoms with E-state index in [1.807, 2.05) is 13.8 Å². The van der Waals surface area contributed by atoms with Gasteiger partial charge in [-0.05, 0) is 32.6 Å². The normalized spacial score (nSPS) is 19.0. The molecule has 17 heavy (non-hydrogen) atoms. The lowest BCUT2D eigenvalue weighted by molar-refractivity contribution is -0.139. The number of hydrogen-bond donors (Lipinski definition) is 2. The number of nitrogens with one attached hydrogen (secondary N) is 1. The van der Waals surface area contributed by atoms with Crippen LogP contribution in [0.5, 0.6) is 0 Å². The lowest BCUT2D eigenvalue weighted by Gasteiger charge is -2.42. The summed E-state index contributed by atoms with van der Waals surface area (Å²) in [6.07, 6.45) is 3.42. The zero-order valence-electron chi connectivity index (χ0n) is 10.8. The van der Waals surface area contributed by atoms with E-state index in [9.17, 15) is 9.59 Å². The highest BCUT2D eigenvalue weighted by Gasteiger charge is 2.41. The largest absolute Gasteiger partial charge is 0.481 e. The van der Waals surface area contributed by atoms with Crippen molar-refractivity contribution in [2.24, 2.45) is 0 Å². The summed E-state index contributed by atoms with van der Waals surface area (Å²) in [6, 6.07) is -0.00254. The molecule has 0 radical (unpaired) electrons. The molecule has 2 amide bonds. The fourth-order valence-electron chi connectivity index (χ4n) is 2.03. The summed E-state index contributed by atoms with van der Waals surface area (Å²) in [4.78, 5) is 24.4. The predicted octanol–water partition coefficient (Wildman–Crippen LogP) is 1.82. The number of rotatable bonds is 5. The number of carboxylic acid groups (broad SMARTS) is 1. The first kappa shape index (κ1) is 13.8. The van der Waals surface area contributed by atoms with Crippen molar-refractivity contribution in [3.8, 4) is 0 Å². The third-order valence-electron chi connectivity index (χ3n) is 3.74. The number of urea groups is 1. The van der Waals surface area contributed by atoms with Crippen LogP contribution in [0.1, 0.15) is 46.0 Å². The van der Waals surface area contributed by atoms with Gasteiger partial charge in [0.1, 0.15) is 0 Å². The number of carbonyl (C=O) groups excluding carboxylic acids is 1. The van der Waals surface area contributed by atoms with Gasteiger partial charge >= 0.3 is 12.0 Å². The average molecular weight is 242 g/mol. The molecule has 1 atom stereocenters. The van der Waals surface area contributed by atoms with Crippen LogP contribution >= 0.6 is 0 Å². The molecular formula is C12H22N2O3. The van der Waals surface area contributed by atoms with Gasteiger partial charge in [-0.3, -0.25) is 4.79 Å². The van der Waals surface area contributed by atoms with Crippen LogP contribution in [-0.2, 0) is 4.79 Å². The van der Waals surface area contributed by atoms with Crippen LogP contribution in [0.2, 0.25) is 0 Å². The molecule has 5 nitrogen and oxygen atoms in total. The molecular weight excluding hydrogens is 220 g/mol. The van der Waals surface area contributed by atoms with E-state index in [0.717, 1.165) is 25.7 Å². The lowest BCUT2D eigenvalue weighted by atomic mass is 9.74. The number of nitrogens with zero attached hydrogens (tertiary/aromatic N) is 1. The maximum Gasteiger partial charge on any atom is 0.317 e. The number of hydrogen-bond acceptors (Lipinski definition) is 2. The van der Waals surface area contributed by atoms with E-state index in [-0.39, 0.29) is 18.5 Å². The van der Waals surface area contributed by atoms with E-state index < -0.39 is 11.5 Å². The Bertz CT molecular complexity index is 300. The Morgan fingerprint density at radius 3 is 2.41 bits per heavy atom. The van der Waals surface area contributed by atoms with Gasteiger partial charge < -0.3 is 15.3 Å². The average Bonchev–Trinajstić information content (AvgIpc) is 2.23. The molecule has 1 fully saturated rings. The molecule has 98 valence electrons. The van der Waals surface area contributed by atoms with E-state index in [4.69, 9.17) is 5.11 Å². The molecule has 0 aromatic rings. The highest BCUT2D eigenvalue weighted by atomic mass is 16.4. The van der Waals surface area contributed by atoms with E-state index in [1.54, 1.807) is 11.9 Å². The van der Waals surface area contributed by atoms with E-state index in [2.05, 4.69) is 5.32 Å². The summed E-state index contributed by atoms with van der Waals surface area (Å²) in [5.74, 6) is -0.851. The van der Waals surface area contributed by atoms with Gasteiger partial charge in [0.2, 0.25) is 0 Å². The fraction of sp³-hybridized carbons (Fsp3) is 0.833. The molecule has 0 spiro atoms. The molecule has 1 saturated carbocycles. The van der Waals surface area contributed by atoms with Gasteiger partial charge in [0.15, 0.2) is 0 Å². The van der Waals surface area contributed by atoms with Gasteiger partial charge in [-0.1, -0.05) is 6.92 Å². The molecule has 2 N–H and O–H groups in total. The number of carbonyl (C=O) groups is 2. The van der Waals surface area contributed by atoms with E-state index in [1.165, 1.54) is 0 Å². The van der Waals surface area contributed by atoms with Crippen LogP contribution in [0, 0.1) is 0 Å². The molecule has 0 aliphatic heterocycles. The third-order valence-corrected chi connectivity index (χ3v) is 3.74. The summed E-state index contributed by atoms with van der Waals surface area (Å²) in [7, 11) is 1.75. The Labute approximate surface area is 102 Å². The maximum absolute atomic E-state index is 12.0. The first-order valence-corrected chi connectivity index (χ1v) is 6.17. The van der Waals surface area contributed by atoms with Crippen LogP contribution < -0.4 is 5.32 Å². The molecule has 5 heteroatoms. The second kappa shape index (κ2) is 5.38. The highest BCUT2D eigenvalue weighted by Crippen LogP contribution is 2.35. The summed E-state index contributed by atoms with van der Waals surface area (Å²) in [5.41, 5.74) is -0.509. The zero-order chi connectivity index (χ0) is 13.1. The summed E-state index contributed by atoms with van der Waals surface area (Å²) >= 11 is 0. The second-order valence-electron chi connectivity index (χ2n) is 5.00. The Morgan fingerprint density at radius 2 is 2.06 bits per heavy atom. The van der Waals surface area contributed by atoms with Crippen molar-refractivity contribution >= 4 is 12.0 Å². The standard InChI is InChI=1S/C12H22N2O3/c1-4-9(2)14(3)11(17)13-12(6-5-7-12)8-10(15)16/h9H,4-8H2,1-3H3,(H,13,17)(H,15,16). The van der Waals surface area contributed by atoms with Gasteiger partial charge in [-0.2, -0.15) is 0 Å². The summed E-state index contributed by atoms with van der Waals surface area (Å²) in [5, 5.41) is 11.7. The quantitative estimate of drug-likeness (QED) is 0.772. The van der Waals surface area contributed by atoms with Crippen molar-refractivity contribution in [1.82, 2.24) is 10.2 Å². The van der Waals surface area contributed by atoms with Gasteiger partial charge in [0.05, 0.1) is 12.0 Å². The van der Waals surface area contributed by atoms with E-state index in [0.29, 0.717) is 0 Å². The van der Waals surface area contributed by atoms with Gasteiger partial charge in [-0.25, -0.2) is 4.79 Å². The minimum Gasteiger partial charge on any atom is -0.481 e. The summed E-state index contributed by atoms with van der Waals surface area (Å²) < 4.78 is 0. The van der Waals surface area contributed by atoms with Crippen LogP contribution in [-0.4, -0.2) is 40.6 Å². The van der Waals surface area contributed by atoms with E-state index >= 15 is 0 Å². The summed E-state index contributed by atoms with van der Waals surface area (Å²) in [6.45, 7) is 4.00. The molecule has 0 aromatic carbocycles. The van der Waals surface area contributed by atoms with Gasteiger partial charge in [0.25, 0.3) is 0 Å². The van der Waals surface area contributed by atoms with Gasteiger partial charge in [0, 0.05) is 13.1 Å². The predicted molar refractivity (Wildman–Crippen MR) is 64.9 cm³/mol. The molecule has 0 bridgehead atoms. The fourth-order valence-corrected chi connectivity index (χ4v) is 2.03. The Morgan fingerprint density at radius 1 is 1.47 bits per heavy atom. The minimum absolute atomic E-state index is 0.0209. The number of carboxylic acids is 1. The highest BCUT2D eigenvalue weighted by molar-refractivity contribution is 5.77. The molecule has 1 aliphatic rings. The van der Waals surface area contributed by atoms with Crippen molar-refractivity contribution in [3.63, 3.8) is 0 Å². The molecule has 1 aliphatic carbocycles. The monoisotopic (exact) mass is 242 g/mol. The Kier molecular flexibility index (Phi) is 4.37. The van der Waals surface area contributed by atoms with Gasteiger partial charge in [-0.15, -0.1) is 0 Å². The third kappa shape index (κ3) is 3.35. The smallest absolute Gasteiger partial charge is 0.317 e. The zero-order valence-corrected chi connectivity index (χ0v) is 10.8. The lowest BCUT2D eigenvalue weighted by Crippen LogP contribution is -2.58. The van der Waals surface area contributed by atoms with Crippen LogP contribution in [0.3, 0.4) is 0 Å². The molecule has 1 unspecified atom stereocenters. The Balaban J connectivity index is 2.56. The van der Waals surface area contributed by atoms with Crippen molar-refractivity contribution in [1.29, 1.82) is 0 Å². The molecule has 0 heterocycles. The van der Waals surface area contributed by atoms with Crippen LogP contribution in [0.25, 0.3) is 0 Å². The maximum atomic E-state index is 12.0. The number of aliphatic carboxylic acids is 1. The van der Waals surface area contributed by atoms with Crippen LogP contribution in [0.4, 0.5) is 4.79 Å². The second-order valence-corrected chi connectivity index (χ2v) is 5.00. The SMILES string of the molecule is CCC(C)N(C)C(=O)NC1(CC(=O)O)CCC1. The Hall–Kier alpha value is -1.26. The van der Waals surface area contributed by atoms with Crippen molar-refractivity contribution in [2.45, 2.75) is 57.5 Å². The van der Waals surface area contributed by atoms with Crippen molar-refractivity contribution < 1.29 is 14.7 Å². The van der Waals surface area contributed by atoms with Crippen molar-refractivity contribution in [2.75, 3.05) is 7.05 Å². The number of amides is 2. The first-order chi connectivity index (χ1) is 7.90. The minimum atomic E-state index is -0.851. The molecule has 0 saturated heterocycles. The first-order valence-electron chi connectivity index (χ1n) is 6.17. The molecule has 0 aromatic heterocycles. The topological polar surface area (TPSA) is 69.6 Å². The van der Waals surface area contributed by atoms with Crippen molar-refractivity contribution in [3.05, 3.63) is 0 Å².